The molecule has 0 aliphatic heterocycles. The van der Waals surface area contributed by atoms with Crippen LogP contribution >= 0.6 is 0 Å². The Labute approximate surface area is 133 Å². The first kappa shape index (κ1) is 18.1. The molecule has 23 heavy (non-hydrogen) atoms. The Bertz CT molecular complexity index is 609. The lowest BCUT2D eigenvalue weighted by molar-refractivity contribution is -0.517. The Morgan fingerprint density at radius 3 is 2.35 bits per heavy atom. The number of anilines is 1. The molecule has 0 spiro atoms. The van der Waals surface area contributed by atoms with Crippen molar-refractivity contribution in [2.45, 2.75) is 19.4 Å². The van der Waals surface area contributed by atoms with Gasteiger partial charge in [0.05, 0.1) is 20.3 Å². The van der Waals surface area contributed by atoms with Gasteiger partial charge in [0.15, 0.2) is 0 Å². The van der Waals surface area contributed by atoms with E-state index >= 15 is 0 Å². The third-order valence-corrected chi connectivity index (χ3v) is 2.99. The van der Waals surface area contributed by atoms with Gasteiger partial charge in [-0.25, -0.2) is 9.59 Å². The van der Waals surface area contributed by atoms with Gasteiger partial charge in [0, 0.05) is 24.0 Å². The summed E-state index contributed by atoms with van der Waals surface area (Å²) >= 11 is 0. The number of nitro groups is 1. The van der Waals surface area contributed by atoms with Gasteiger partial charge in [-0.3, -0.25) is 10.1 Å². The van der Waals surface area contributed by atoms with Crippen molar-refractivity contribution >= 4 is 17.6 Å². The molecule has 1 unspecified atom stereocenters. The number of rotatable bonds is 7. The van der Waals surface area contributed by atoms with Crippen LogP contribution in [0.25, 0.3) is 0 Å². The summed E-state index contributed by atoms with van der Waals surface area (Å²) in [5.41, 5.74) is 1.24. The second-order valence-corrected chi connectivity index (χ2v) is 4.73. The van der Waals surface area contributed by atoms with Crippen LogP contribution < -0.4 is 5.32 Å². The largest absolute Gasteiger partial charge is 0.466 e. The summed E-state index contributed by atoms with van der Waals surface area (Å²) in [6, 6.07) is 6.02. The molecule has 124 valence electrons. The Hall–Kier alpha value is -2.90. The van der Waals surface area contributed by atoms with Gasteiger partial charge >= 0.3 is 11.9 Å². The van der Waals surface area contributed by atoms with Crippen molar-refractivity contribution in [3.8, 4) is 0 Å². The smallest absolute Gasteiger partial charge is 0.354 e. The summed E-state index contributed by atoms with van der Waals surface area (Å²) in [6.07, 6.45) is 1.28. The van der Waals surface area contributed by atoms with E-state index in [1.165, 1.54) is 21.1 Å². The fourth-order valence-corrected chi connectivity index (χ4v) is 1.73. The van der Waals surface area contributed by atoms with Crippen LogP contribution in [0, 0.1) is 10.1 Å². The molecule has 8 nitrogen and oxygen atoms in total. The number of esters is 2. The van der Waals surface area contributed by atoms with Crippen molar-refractivity contribution in [2.24, 2.45) is 0 Å². The van der Waals surface area contributed by atoms with E-state index in [1.54, 1.807) is 24.3 Å². The molecule has 8 heteroatoms. The fourth-order valence-electron chi connectivity index (χ4n) is 1.73. The van der Waals surface area contributed by atoms with Crippen molar-refractivity contribution in [1.82, 2.24) is 0 Å². The van der Waals surface area contributed by atoms with Crippen LogP contribution in [0.3, 0.4) is 0 Å². The Kier molecular flexibility index (Phi) is 6.72. The highest BCUT2D eigenvalue weighted by molar-refractivity contribution is 5.98. The molecule has 0 bridgehead atoms. The summed E-state index contributed by atoms with van der Waals surface area (Å²) in [5.74, 6) is -1.42. The van der Waals surface area contributed by atoms with E-state index in [2.05, 4.69) is 14.8 Å². The molecule has 1 rings (SSSR count). The number of hydrogen-bond acceptors (Lipinski definition) is 7. The lowest BCUT2D eigenvalue weighted by Gasteiger charge is -2.10. The monoisotopic (exact) mass is 322 g/mol. The van der Waals surface area contributed by atoms with Gasteiger partial charge in [-0.05, 0) is 17.7 Å². The van der Waals surface area contributed by atoms with Crippen LogP contribution in [0.4, 0.5) is 5.69 Å². The second kappa shape index (κ2) is 8.52. The van der Waals surface area contributed by atoms with E-state index in [9.17, 15) is 19.7 Å². The molecule has 0 aliphatic rings. The molecule has 0 fully saturated rings. The summed E-state index contributed by atoms with van der Waals surface area (Å²) < 4.78 is 9.05. The van der Waals surface area contributed by atoms with Crippen LogP contribution in [-0.2, 0) is 25.5 Å². The summed E-state index contributed by atoms with van der Waals surface area (Å²) in [5, 5.41) is 13.4. The van der Waals surface area contributed by atoms with Gasteiger partial charge in [-0.2, -0.15) is 0 Å². The Morgan fingerprint density at radius 2 is 1.87 bits per heavy atom. The molecule has 0 aliphatic carbocycles. The molecule has 0 saturated carbocycles. The zero-order chi connectivity index (χ0) is 17.4. The molecule has 1 aromatic rings. The maximum atomic E-state index is 11.6. The fraction of sp³-hybridized carbons (Fsp3) is 0.333. The zero-order valence-corrected chi connectivity index (χ0v) is 13.1. The number of nitrogens with one attached hydrogen (secondary N) is 1. The maximum absolute atomic E-state index is 11.6. The zero-order valence-electron chi connectivity index (χ0n) is 13.1. The number of carbonyl (C=O) groups is 2. The Balaban J connectivity index is 2.85. The number of carbonyl (C=O) groups excluding carboxylic acids is 2. The molecule has 1 aromatic carbocycles. The molecular weight excluding hydrogens is 304 g/mol. The molecule has 1 atom stereocenters. The molecule has 0 saturated heterocycles. The minimum atomic E-state index is -0.721. The quantitative estimate of drug-likeness (QED) is 0.351. The number of benzene rings is 1. The first-order valence-electron chi connectivity index (χ1n) is 6.74. The first-order valence-corrected chi connectivity index (χ1v) is 6.74. The van der Waals surface area contributed by atoms with Crippen LogP contribution in [0.15, 0.2) is 36.0 Å². The molecule has 1 N–H and O–H groups in total. The van der Waals surface area contributed by atoms with Crippen LogP contribution in [0.2, 0.25) is 0 Å². The highest BCUT2D eigenvalue weighted by Gasteiger charge is 2.15. The molecule has 0 radical (unpaired) electrons. The third-order valence-electron chi connectivity index (χ3n) is 2.99. The van der Waals surface area contributed by atoms with Gasteiger partial charge in [-0.15, -0.1) is 0 Å². The number of ether oxygens (including phenoxy) is 2. The van der Waals surface area contributed by atoms with Crippen molar-refractivity contribution in [3.05, 3.63) is 51.7 Å². The van der Waals surface area contributed by atoms with Crippen LogP contribution in [-0.4, -0.2) is 37.1 Å². The minimum Gasteiger partial charge on any atom is -0.466 e. The normalized spacial score (nSPS) is 12.2. The summed E-state index contributed by atoms with van der Waals surface area (Å²) in [6.45, 7) is 1.53. The van der Waals surface area contributed by atoms with Crippen molar-refractivity contribution in [3.63, 3.8) is 0 Å². The predicted octanol–water partition coefficient (Wildman–Crippen LogP) is 1.54. The predicted molar refractivity (Wildman–Crippen MR) is 82.3 cm³/mol. The summed E-state index contributed by atoms with van der Waals surface area (Å²) in [4.78, 5) is 33.2. The molecular formula is C15H18N2O6. The first-order chi connectivity index (χ1) is 10.9. The van der Waals surface area contributed by atoms with E-state index in [0.717, 1.165) is 11.6 Å². The van der Waals surface area contributed by atoms with Crippen molar-refractivity contribution < 1.29 is 24.0 Å². The lowest BCUT2D eigenvalue weighted by atomic mass is 10.1. The van der Waals surface area contributed by atoms with E-state index in [4.69, 9.17) is 0 Å². The third kappa shape index (κ3) is 5.77. The lowest BCUT2D eigenvalue weighted by Crippen LogP contribution is -2.18. The van der Waals surface area contributed by atoms with E-state index in [0.29, 0.717) is 12.1 Å². The van der Waals surface area contributed by atoms with Crippen molar-refractivity contribution in [2.75, 3.05) is 19.5 Å². The topological polar surface area (TPSA) is 108 Å². The van der Waals surface area contributed by atoms with Gasteiger partial charge in [0.25, 0.3) is 0 Å². The standard InChI is InChI=1S/C15H18N2O6/c1-10(17(20)21)8-11-4-6-12(7-5-11)16-13(15(19)23-3)9-14(18)22-2/h4-7,9-10,16H,8H2,1-3H3/b13-9+. The number of nitrogens with zero attached hydrogens (tertiary/aromatic N) is 1. The molecule has 0 heterocycles. The number of hydrogen-bond donors (Lipinski definition) is 1. The van der Waals surface area contributed by atoms with E-state index < -0.39 is 18.0 Å². The number of methoxy groups -OCH3 is 2. The Morgan fingerprint density at radius 1 is 1.26 bits per heavy atom. The molecule has 0 aromatic heterocycles. The second-order valence-electron chi connectivity index (χ2n) is 4.73. The highest BCUT2D eigenvalue weighted by Crippen LogP contribution is 2.14. The van der Waals surface area contributed by atoms with E-state index in [-0.39, 0.29) is 10.6 Å². The van der Waals surface area contributed by atoms with Gasteiger partial charge < -0.3 is 14.8 Å². The average Bonchev–Trinajstić information content (AvgIpc) is 2.54. The minimum absolute atomic E-state index is 0.0780. The summed E-state index contributed by atoms with van der Waals surface area (Å²) in [7, 11) is 2.39. The van der Waals surface area contributed by atoms with Crippen molar-refractivity contribution in [1.29, 1.82) is 0 Å². The average molecular weight is 322 g/mol. The van der Waals surface area contributed by atoms with Crippen LogP contribution in [0.5, 0.6) is 0 Å². The molecule has 0 amide bonds. The van der Waals surface area contributed by atoms with Crippen LogP contribution in [0.1, 0.15) is 12.5 Å². The SMILES string of the molecule is COC(=O)/C=C(/Nc1ccc(CC(C)[N+](=O)[O-])cc1)C(=O)OC. The highest BCUT2D eigenvalue weighted by atomic mass is 16.6. The van der Waals surface area contributed by atoms with Gasteiger partial charge in [-0.1, -0.05) is 12.1 Å². The van der Waals surface area contributed by atoms with Gasteiger partial charge in [0.2, 0.25) is 6.04 Å². The maximum Gasteiger partial charge on any atom is 0.354 e. The van der Waals surface area contributed by atoms with E-state index in [1.807, 2.05) is 0 Å². The van der Waals surface area contributed by atoms with Gasteiger partial charge in [0.1, 0.15) is 5.70 Å².